The van der Waals surface area contributed by atoms with Gasteiger partial charge in [-0.25, -0.2) is 8.78 Å². The Morgan fingerprint density at radius 2 is 1.62 bits per heavy atom. The van der Waals surface area contributed by atoms with Crippen molar-refractivity contribution in [3.8, 4) is 5.75 Å². The molecule has 0 spiro atoms. The minimum atomic E-state index is -0.681. The number of anilines is 2. The summed E-state index contributed by atoms with van der Waals surface area (Å²) in [6, 6.07) is 7.08. The fourth-order valence-corrected chi connectivity index (χ4v) is 3.34. The van der Waals surface area contributed by atoms with Crippen LogP contribution in [0.2, 0.25) is 0 Å². The summed E-state index contributed by atoms with van der Waals surface area (Å²) in [5.74, 6) is -0.996. The van der Waals surface area contributed by atoms with E-state index in [4.69, 9.17) is 4.74 Å². The van der Waals surface area contributed by atoms with Crippen molar-refractivity contribution in [1.29, 1.82) is 0 Å². The molecule has 1 heterocycles. The summed E-state index contributed by atoms with van der Waals surface area (Å²) in [4.78, 5) is 14.0. The Bertz CT molecular complexity index is 842. The number of nitro benzene ring substituents is 1. The number of methoxy groups -OCH3 is 1. The lowest BCUT2D eigenvalue weighted by Gasteiger charge is -2.37. The number of nitro groups is 1. The quantitative estimate of drug-likeness (QED) is 0.545. The number of benzene rings is 2. The van der Waals surface area contributed by atoms with Crippen molar-refractivity contribution >= 4 is 33.0 Å². The molecule has 2 aromatic carbocycles. The van der Waals surface area contributed by atoms with E-state index in [1.54, 1.807) is 17.0 Å². The monoisotopic (exact) mass is 427 g/mol. The van der Waals surface area contributed by atoms with E-state index in [1.165, 1.54) is 19.2 Å². The highest BCUT2D eigenvalue weighted by Gasteiger charge is 2.25. The maximum absolute atomic E-state index is 14.4. The topological polar surface area (TPSA) is 58.8 Å². The number of hydrogen-bond donors (Lipinski definition) is 0. The van der Waals surface area contributed by atoms with Crippen molar-refractivity contribution in [3.63, 3.8) is 0 Å². The molecule has 1 aliphatic heterocycles. The van der Waals surface area contributed by atoms with Gasteiger partial charge >= 0.3 is 5.69 Å². The van der Waals surface area contributed by atoms with E-state index in [0.717, 1.165) is 6.07 Å². The Morgan fingerprint density at radius 1 is 1.04 bits per heavy atom. The molecule has 0 unspecified atom stereocenters. The van der Waals surface area contributed by atoms with Gasteiger partial charge in [0.2, 0.25) is 0 Å². The van der Waals surface area contributed by atoms with E-state index in [9.17, 15) is 18.9 Å². The molecule has 0 bridgehead atoms. The van der Waals surface area contributed by atoms with Crippen molar-refractivity contribution in [1.82, 2.24) is 0 Å². The van der Waals surface area contributed by atoms with Gasteiger partial charge < -0.3 is 14.5 Å². The van der Waals surface area contributed by atoms with Crippen LogP contribution in [0, 0.1) is 21.7 Å². The molecule has 2 aromatic rings. The summed E-state index contributed by atoms with van der Waals surface area (Å²) in [5, 5.41) is 11.0. The lowest BCUT2D eigenvalue weighted by Crippen LogP contribution is -2.47. The van der Waals surface area contributed by atoms with Crippen LogP contribution in [0.15, 0.2) is 34.8 Å². The molecule has 1 aliphatic rings. The van der Waals surface area contributed by atoms with Crippen LogP contribution in [0.1, 0.15) is 0 Å². The first-order valence-corrected chi connectivity index (χ1v) is 8.67. The summed E-state index contributed by atoms with van der Waals surface area (Å²) < 4.78 is 34.1. The minimum Gasteiger partial charge on any atom is -0.490 e. The molecule has 1 fully saturated rings. The van der Waals surface area contributed by atoms with Crippen LogP contribution in [0.4, 0.5) is 25.8 Å². The Labute approximate surface area is 157 Å². The Balaban J connectivity index is 1.78. The van der Waals surface area contributed by atoms with Gasteiger partial charge in [-0.2, -0.15) is 0 Å². The zero-order valence-corrected chi connectivity index (χ0v) is 15.5. The van der Waals surface area contributed by atoms with Crippen LogP contribution in [0.3, 0.4) is 0 Å². The van der Waals surface area contributed by atoms with Gasteiger partial charge in [0.05, 0.1) is 29.5 Å². The van der Waals surface area contributed by atoms with E-state index >= 15 is 0 Å². The molecule has 26 heavy (non-hydrogen) atoms. The molecular weight excluding hydrogens is 412 g/mol. The summed E-state index contributed by atoms with van der Waals surface area (Å²) in [6.45, 7) is 1.90. The standard InChI is InChI=1S/C17H16BrF2N3O3/c1-26-17-10-15(13(20)9-16(17)23(24)25)22-6-4-21(5-7-22)14-3-2-11(18)8-12(14)19/h2-3,8-10H,4-7H2,1H3. The van der Waals surface area contributed by atoms with Crippen LogP contribution in [0.25, 0.3) is 0 Å². The fraction of sp³-hybridized carbons (Fsp3) is 0.294. The lowest BCUT2D eigenvalue weighted by molar-refractivity contribution is -0.385. The molecule has 0 aromatic heterocycles. The van der Waals surface area contributed by atoms with Gasteiger partial charge in [0.1, 0.15) is 5.82 Å². The Kier molecular flexibility index (Phi) is 5.26. The van der Waals surface area contributed by atoms with Crippen molar-refractivity contribution in [2.75, 3.05) is 43.1 Å². The summed E-state index contributed by atoms with van der Waals surface area (Å²) in [5.41, 5.74) is 0.322. The molecule has 0 aliphatic carbocycles. The molecule has 6 nitrogen and oxygen atoms in total. The molecule has 0 radical (unpaired) electrons. The van der Waals surface area contributed by atoms with Gasteiger partial charge in [-0.1, -0.05) is 15.9 Å². The normalized spacial score (nSPS) is 14.5. The fourth-order valence-electron chi connectivity index (χ4n) is 3.01. The number of nitrogens with zero attached hydrogens (tertiary/aromatic N) is 3. The number of rotatable bonds is 4. The number of hydrogen-bond acceptors (Lipinski definition) is 5. The zero-order valence-electron chi connectivity index (χ0n) is 13.9. The van der Waals surface area contributed by atoms with E-state index in [2.05, 4.69) is 15.9 Å². The highest BCUT2D eigenvalue weighted by molar-refractivity contribution is 9.10. The van der Waals surface area contributed by atoms with Gasteiger partial charge in [-0.3, -0.25) is 10.1 Å². The van der Waals surface area contributed by atoms with Crippen LogP contribution < -0.4 is 14.5 Å². The average molecular weight is 428 g/mol. The smallest absolute Gasteiger partial charge is 0.313 e. The van der Waals surface area contributed by atoms with E-state index < -0.39 is 16.4 Å². The molecule has 9 heteroatoms. The third-order valence-electron chi connectivity index (χ3n) is 4.32. The molecule has 0 atom stereocenters. The predicted molar refractivity (Wildman–Crippen MR) is 98.1 cm³/mol. The van der Waals surface area contributed by atoms with Crippen LogP contribution in [0.5, 0.6) is 5.75 Å². The first-order valence-electron chi connectivity index (χ1n) is 7.87. The third kappa shape index (κ3) is 3.57. The van der Waals surface area contributed by atoms with Crippen molar-refractivity contribution in [2.45, 2.75) is 0 Å². The van der Waals surface area contributed by atoms with Crippen molar-refractivity contribution in [2.24, 2.45) is 0 Å². The molecule has 138 valence electrons. The SMILES string of the molecule is COc1cc(N2CCN(c3ccc(Br)cc3F)CC2)c(F)cc1[N+](=O)[O-]. The molecule has 3 rings (SSSR count). The van der Waals surface area contributed by atoms with E-state index in [1.807, 2.05) is 4.90 Å². The number of piperazine rings is 1. The van der Waals surface area contributed by atoms with Gasteiger partial charge in [0.15, 0.2) is 11.6 Å². The first-order chi connectivity index (χ1) is 12.4. The van der Waals surface area contributed by atoms with Gasteiger partial charge in [0.25, 0.3) is 0 Å². The zero-order chi connectivity index (χ0) is 18.8. The Hall–Kier alpha value is -2.42. The predicted octanol–water partition coefficient (Wildman–Crippen LogP) is 3.97. The maximum atomic E-state index is 14.4. The van der Waals surface area contributed by atoms with Crippen LogP contribution >= 0.6 is 15.9 Å². The van der Waals surface area contributed by atoms with Gasteiger partial charge in [0, 0.05) is 36.7 Å². The van der Waals surface area contributed by atoms with Gasteiger partial charge in [-0.15, -0.1) is 0 Å². The van der Waals surface area contributed by atoms with E-state index in [-0.39, 0.29) is 17.3 Å². The minimum absolute atomic E-state index is 0.00721. The second kappa shape index (κ2) is 7.45. The molecule has 0 saturated carbocycles. The van der Waals surface area contributed by atoms with Gasteiger partial charge in [-0.05, 0) is 18.2 Å². The van der Waals surface area contributed by atoms with Crippen LogP contribution in [-0.4, -0.2) is 38.2 Å². The number of halogens is 3. The molecule has 0 N–H and O–H groups in total. The molecule has 1 saturated heterocycles. The van der Waals surface area contributed by atoms with E-state index in [0.29, 0.717) is 36.3 Å². The summed E-state index contributed by atoms with van der Waals surface area (Å²) in [6.07, 6.45) is 0. The number of ether oxygens (including phenoxy) is 1. The average Bonchev–Trinajstić information content (AvgIpc) is 2.62. The van der Waals surface area contributed by atoms with Crippen molar-refractivity contribution in [3.05, 3.63) is 56.6 Å². The largest absolute Gasteiger partial charge is 0.490 e. The molecule has 0 amide bonds. The van der Waals surface area contributed by atoms with Crippen molar-refractivity contribution < 1.29 is 18.4 Å². The second-order valence-electron chi connectivity index (χ2n) is 5.80. The highest BCUT2D eigenvalue weighted by Crippen LogP contribution is 2.35. The second-order valence-corrected chi connectivity index (χ2v) is 6.72. The first kappa shape index (κ1) is 18.4. The molecular formula is C17H16BrF2N3O3. The third-order valence-corrected chi connectivity index (χ3v) is 4.81. The summed E-state index contributed by atoms with van der Waals surface area (Å²) in [7, 11) is 1.30. The highest BCUT2D eigenvalue weighted by atomic mass is 79.9. The Morgan fingerprint density at radius 3 is 2.15 bits per heavy atom. The maximum Gasteiger partial charge on any atom is 0.313 e. The summed E-state index contributed by atoms with van der Waals surface area (Å²) >= 11 is 3.23. The van der Waals surface area contributed by atoms with Crippen LogP contribution in [-0.2, 0) is 0 Å². The lowest BCUT2D eigenvalue weighted by atomic mass is 10.2.